The molecule has 0 unspecified atom stereocenters. The quantitative estimate of drug-likeness (QED) is 0.736. The van der Waals surface area contributed by atoms with Gasteiger partial charge in [0.15, 0.2) is 11.5 Å². The monoisotopic (exact) mass is 349 g/mol. The van der Waals surface area contributed by atoms with Crippen molar-refractivity contribution in [2.45, 2.75) is 20.4 Å². The molecule has 132 valence electrons. The molecule has 0 saturated heterocycles. The second-order valence-electron chi connectivity index (χ2n) is 6.18. The van der Waals surface area contributed by atoms with Gasteiger partial charge in [-0.05, 0) is 43.7 Å². The number of aromatic nitrogens is 2. The number of aromatic amines is 1. The predicted molar refractivity (Wildman–Crippen MR) is 99.6 cm³/mol. The van der Waals surface area contributed by atoms with E-state index in [1.54, 1.807) is 4.68 Å². The standard InChI is InChI=1S/C20H19N3O3/c1-13(21-11-15-8-9-17-18(10-15)26-12-25-17)19-14(2)22-23(20(19)24)16-6-4-3-5-7-16/h3-10,22H,11-12H2,1-2H3. The summed E-state index contributed by atoms with van der Waals surface area (Å²) in [5.74, 6) is 1.49. The molecule has 2 aromatic carbocycles. The Morgan fingerprint density at radius 3 is 2.73 bits per heavy atom. The first kappa shape index (κ1) is 16.2. The van der Waals surface area contributed by atoms with E-state index in [1.807, 2.05) is 62.4 Å². The molecule has 3 aromatic rings. The summed E-state index contributed by atoms with van der Waals surface area (Å²) in [6.45, 7) is 4.47. The van der Waals surface area contributed by atoms with Gasteiger partial charge >= 0.3 is 0 Å². The van der Waals surface area contributed by atoms with Crippen LogP contribution in [0.5, 0.6) is 11.5 Å². The van der Waals surface area contributed by atoms with E-state index >= 15 is 0 Å². The van der Waals surface area contributed by atoms with Gasteiger partial charge < -0.3 is 9.47 Å². The van der Waals surface area contributed by atoms with E-state index in [1.165, 1.54) is 0 Å². The fourth-order valence-corrected chi connectivity index (χ4v) is 3.06. The van der Waals surface area contributed by atoms with Gasteiger partial charge in [-0.3, -0.25) is 14.9 Å². The summed E-state index contributed by atoms with van der Waals surface area (Å²) in [7, 11) is 0. The topological polar surface area (TPSA) is 68.6 Å². The van der Waals surface area contributed by atoms with E-state index < -0.39 is 0 Å². The minimum Gasteiger partial charge on any atom is -0.454 e. The van der Waals surface area contributed by atoms with Crippen LogP contribution in [-0.2, 0) is 6.54 Å². The second kappa shape index (κ2) is 6.55. The molecular weight excluding hydrogens is 330 g/mol. The van der Waals surface area contributed by atoms with Gasteiger partial charge in [-0.15, -0.1) is 0 Å². The number of hydrogen-bond acceptors (Lipinski definition) is 4. The maximum absolute atomic E-state index is 12.8. The molecule has 0 atom stereocenters. The summed E-state index contributed by atoms with van der Waals surface area (Å²) in [6, 6.07) is 15.3. The van der Waals surface area contributed by atoms with E-state index in [-0.39, 0.29) is 12.4 Å². The number of benzene rings is 2. The van der Waals surface area contributed by atoms with Crippen molar-refractivity contribution in [3.05, 3.63) is 75.7 Å². The number of ether oxygens (including phenoxy) is 2. The van der Waals surface area contributed by atoms with Crippen molar-refractivity contribution in [2.75, 3.05) is 6.79 Å². The third-order valence-corrected chi connectivity index (χ3v) is 4.38. The Morgan fingerprint density at radius 1 is 1.15 bits per heavy atom. The molecule has 0 amide bonds. The molecule has 0 radical (unpaired) electrons. The molecule has 0 saturated carbocycles. The number of nitrogens with one attached hydrogen (secondary N) is 1. The lowest BCUT2D eigenvalue weighted by Crippen LogP contribution is -2.19. The normalized spacial score (nSPS) is 13.2. The Morgan fingerprint density at radius 2 is 1.92 bits per heavy atom. The van der Waals surface area contributed by atoms with Gasteiger partial charge in [0.1, 0.15) is 0 Å². The van der Waals surface area contributed by atoms with Crippen LogP contribution in [0.15, 0.2) is 58.3 Å². The van der Waals surface area contributed by atoms with E-state index in [4.69, 9.17) is 9.47 Å². The Labute approximate surface area is 150 Å². The number of aliphatic imine (C=N–C) groups is 1. The highest BCUT2D eigenvalue weighted by atomic mass is 16.7. The number of hydrogen-bond donors (Lipinski definition) is 1. The summed E-state index contributed by atoms with van der Waals surface area (Å²) >= 11 is 0. The fourth-order valence-electron chi connectivity index (χ4n) is 3.06. The Balaban J connectivity index is 1.62. The number of rotatable bonds is 4. The predicted octanol–water partition coefficient (Wildman–Crippen LogP) is 3.21. The SMILES string of the molecule is CC(=NCc1ccc2c(c1)OCO2)c1c(C)[nH]n(-c2ccccc2)c1=O. The number of para-hydroxylation sites is 1. The van der Waals surface area contributed by atoms with E-state index in [0.29, 0.717) is 17.8 Å². The molecule has 0 bridgehead atoms. The van der Waals surface area contributed by atoms with Gasteiger partial charge in [0.05, 0.1) is 17.8 Å². The van der Waals surface area contributed by atoms with Crippen molar-refractivity contribution < 1.29 is 9.47 Å². The van der Waals surface area contributed by atoms with Crippen LogP contribution in [0.2, 0.25) is 0 Å². The number of fused-ring (bicyclic) bond motifs is 1. The van der Waals surface area contributed by atoms with Crippen molar-refractivity contribution in [2.24, 2.45) is 4.99 Å². The smallest absolute Gasteiger partial charge is 0.280 e. The van der Waals surface area contributed by atoms with E-state index in [0.717, 1.165) is 28.4 Å². The van der Waals surface area contributed by atoms with Crippen LogP contribution < -0.4 is 15.0 Å². The van der Waals surface area contributed by atoms with Gasteiger partial charge in [0.25, 0.3) is 5.56 Å². The molecule has 2 heterocycles. The van der Waals surface area contributed by atoms with Crippen molar-refractivity contribution in [1.29, 1.82) is 0 Å². The summed E-state index contributed by atoms with van der Waals surface area (Å²) in [5.41, 5.74) is 3.82. The Kier molecular flexibility index (Phi) is 4.08. The zero-order valence-electron chi connectivity index (χ0n) is 14.7. The first-order valence-corrected chi connectivity index (χ1v) is 8.40. The minimum absolute atomic E-state index is 0.0966. The van der Waals surface area contributed by atoms with Crippen LogP contribution >= 0.6 is 0 Å². The summed E-state index contributed by atoms with van der Waals surface area (Å²) < 4.78 is 12.3. The summed E-state index contributed by atoms with van der Waals surface area (Å²) in [5, 5.41) is 3.13. The molecule has 1 aliphatic rings. The van der Waals surface area contributed by atoms with E-state index in [9.17, 15) is 4.79 Å². The average molecular weight is 349 g/mol. The average Bonchev–Trinajstić information content (AvgIpc) is 3.24. The van der Waals surface area contributed by atoms with Crippen LogP contribution in [-0.4, -0.2) is 22.3 Å². The zero-order valence-corrected chi connectivity index (χ0v) is 14.7. The third kappa shape index (κ3) is 2.90. The highest BCUT2D eigenvalue weighted by Gasteiger charge is 2.16. The van der Waals surface area contributed by atoms with Gasteiger partial charge in [-0.2, -0.15) is 0 Å². The van der Waals surface area contributed by atoms with Crippen molar-refractivity contribution >= 4 is 5.71 Å². The molecule has 1 aliphatic heterocycles. The Bertz CT molecular complexity index is 1030. The highest BCUT2D eigenvalue weighted by molar-refractivity contribution is 5.99. The van der Waals surface area contributed by atoms with Crippen LogP contribution in [0.3, 0.4) is 0 Å². The first-order valence-electron chi connectivity index (χ1n) is 8.40. The van der Waals surface area contributed by atoms with Crippen LogP contribution in [0.1, 0.15) is 23.7 Å². The molecule has 4 rings (SSSR count). The molecule has 1 N–H and O–H groups in total. The molecule has 6 nitrogen and oxygen atoms in total. The first-order chi connectivity index (χ1) is 12.6. The van der Waals surface area contributed by atoms with Gasteiger partial charge in [0.2, 0.25) is 6.79 Å². The van der Waals surface area contributed by atoms with Crippen molar-refractivity contribution in [1.82, 2.24) is 9.78 Å². The lowest BCUT2D eigenvalue weighted by atomic mass is 10.1. The molecule has 0 aliphatic carbocycles. The minimum atomic E-state index is -0.0966. The van der Waals surface area contributed by atoms with Gasteiger partial charge in [-0.1, -0.05) is 24.3 Å². The highest BCUT2D eigenvalue weighted by Crippen LogP contribution is 2.32. The van der Waals surface area contributed by atoms with Crippen molar-refractivity contribution in [3.8, 4) is 17.2 Å². The number of nitrogens with zero attached hydrogens (tertiary/aromatic N) is 2. The lowest BCUT2D eigenvalue weighted by molar-refractivity contribution is 0.174. The molecule has 0 fully saturated rings. The van der Waals surface area contributed by atoms with Crippen LogP contribution in [0, 0.1) is 6.92 Å². The summed E-state index contributed by atoms with van der Waals surface area (Å²) in [6.07, 6.45) is 0. The Hall–Kier alpha value is -3.28. The molecular formula is C20H19N3O3. The van der Waals surface area contributed by atoms with Gasteiger partial charge in [0, 0.05) is 11.4 Å². The molecule has 6 heteroatoms. The molecule has 0 spiro atoms. The van der Waals surface area contributed by atoms with Crippen LogP contribution in [0.4, 0.5) is 0 Å². The molecule has 26 heavy (non-hydrogen) atoms. The molecule has 1 aromatic heterocycles. The van der Waals surface area contributed by atoms with Crippen molar-refractivity contribution in [3.63, 3.8) is 0 Å². The van der Waals surface area contributed by atoms with E-state index in [2.05, 4.69) is 10.1 Å². The maximum atomic E-state index is 12.8. The lowest BCUT2D eigenvalue weighted by Gasteiger charge is -2.02. The second-order valence-corrected chi connectivity index (χ2v) is 6.18. The summed E-state index contributed by atoms with van der Waals surface area (Å²) in [4.78, 5) is 17.4. The largest absolute Gasteiger partial charge is 0.454 e. The fraction of sp³-hybridized carbons (Fsp3) is 0.200. The third-order valence-electron chi connectivity index (χ3n) is 4.38. The number of aryl methyl sites for hydroxylation is 1. The number of H-pyrrole nitrogens is 1. The van der Waals surface area contributed by atoms with Crippen LogP contribution in [0.25, 0.3) is 5.69 Å². The zero-order chi connectivity index (χ0) is 18.1. The van der Waals surface area contributed by atoms with Gasteiger partial charge in [-0.25, -0.2) is 4.68 Å². The maximum Gasteiger partial charge on any atom is 0.280 e.